The van der Waals surface area contributed by atoms with Crippen LogP contribution in [0, 0.1) is 0 Å². The molecule has 1 aromatic carbocycles. The molecule has 1 saturated heterocycles. The maximum atomic E-state index is 11.1. The topological polar surface area (TPSA) is 87.2 Å². The number of carbonyl (C=O) groups excluding carboxylic acids is 1. The summed E-state index contributed by atoms with van der Waals surface area (Å²) in [5, 5.41) is 9.29. The molecular weight excluding hydrogens is 358 g/mol. The summed E-state index contributed by atoms with van der Waals surface area (Å²) in [5.74, 6) is 1.43. The van der Waals surface area contributed by atoms with Gasteiger partial charge in [0.1, 0.15) is 12.4 Å². The summed E-state index contributed by atoms with van der Waals surface area (Å²) < 4.78 is 11.1. The standard InChI is InChI=1S/C20H33N5O3/c1-3-21-20(22-8-5-10-25-11-14-27-15-12-25)23-9-13-28-19-7-4-6-18(16-19)24-17(2)26/h4,6-7,16H,3,5,8-15H2,1-2H3,(H,24,26)(H2,21,22,23). The monoisotopic (exact) mass is 391 g/mol. The first-order valence-electron chi connectivity index (χ1n) is 10.00. The van der Waals surface area contributed by atoms with Gasteiger partial charge in [0.2, 0.25) is 5.91 Å². The van der Waals surface area contributed by atoms with Crippen LogP contribution in [0.2, 0.25) is 0 Å². The largest absolute Gasteiger partial charge is 0.492 e. The van der Waals surface area contributed by atoms with E-state index in [1.165, 1.54) is 6.92 Å². The molecule has 2 rings (SSSR count). The fourth-order valence-corrected chi connectivity index (χ4v) is 2.86. The molecule has 1 aliphatic heterocycles. The molecule has 0 aliphatic carbocycles. The Hall–Kier alpha value is -2.32. The van der Waals surface area contributed by atoms with E-state index >= 15 is 0 Å². The van der Waals surface area contributed by atoms with Crippen LogP contribution in [0.1, 0.15) is 20.3 Å². The van der Waals surface area contributed by atoms with E-state index in [0.717, 1.165) is 69.8 Å². The minimum Gasteiger partial charge on any atom is -0.492 e. The zero-order chi connectivity index (χ0) is 20.0. The lowest BCUT2D eigenvalue weighted by Gasteiger charge is -2.26. The van der Waals surface area contributed by atoms with E-state index in [9.17, 15) is 4.79 Å². The molecule has 1 heterocycles. The highest BCUT2D eigenvalue weighted by atomic mass is 16.5. The van der Waals surface area contributed by atoms with E-state index < -0.39 is 0 Å². The summed E-state index contributed by atoms with van der Waals surface area (Å²) in [6.45, 7) is 11.0. The van der Waals surface area contributed by atoms with Crippen molar-refractivity contribution in [1.29, 1.82) is 0 Å². The molecule has 1 amide bonds. The van der Waals surface area contributed by atoms with Crippen molar-refractivity contribution < 1.29 is 14.3 Å². The summed E-state index contributed by atoms with van der Waals surface area (Å²) in [6.07, 6.45) is 1.03. The van der Waals surface area contributed by atoms with Crippen molar-refractivity contribution in [2.45, 2.75) is 20.3 Å². The fourth-order valence-electron chi connectivity index (χ4n) is 2.86. The lowest BCUT2D eigenvalue weighted by atomic mass is 10.3. The van der Waals surface area contributed by atoms with Gasteiger partial charge in [-0.2, -0.15) is 0 Å². The highest BCUT2D eigenvalue weighted by molar-refractivity contribution is 5.88. The molecule has 8 nitrogen and oxygen atoms in total. The number of carbonyl (C=O) groups is 1. The van der Waals surface area contributed by atoms with E-state index in [1.807, 2.05) is 24.3 Å². The van der Waals surface area contributed by atoms with Crippen molar-refractivity contribution in [3.8, 4) is 5.75 Å². The van der Waals surface area contributed by atoms with E-state index in [2.05, 4.69) is 32.8 Å². The number of amides is 1. The van der Waals surface area contributed by atoms with Crippen molar-refractivity contribution in [1.82, 2.24) is 15.5 Å². The molecule has 1 aliphatic rings. The minimum atomic E-state index is -0.0982. The van der Waals surface area contributed by atoms with Gasteiger partial charge in [-0.1, -0.05) is 6.07 Å². The Balaban J connectivity index is 1.66. The molecule has 28 heavy (non-hydrogen) atoms. The number of morpholine rings is 1. The SMILES string of the molecule is CCNC(=NCCCN1CCOCC1)NCCOc1cccc(NC(C)=O)c1. The van der Waals surface area contributed by atoms with Gasteiger partial charge in [-0.3, -0.25) is 14.7 Å². The van der Waals surface area contributed by atoms with Gasteiger partial charge in [-0.05, 0) is 25.5 Å². The number of nitrogens with one attached hydrogen (secondary N) is 3. The number of hydrogen-bond donors (Lipinski definition) is 3. The lowest BCUT2D eigenvalue weighted by Crippen LogP contribution is -2.39. The second-order valence-corrected chi connectivity index (χ2v) is 6.55. The summed E-state index contributed by atoms with van der Waals surface area (Å²) in [7, 11) is 0. The lowest BCUT2D eigenvalue weighted by molar-refractivity contribution is -0.114. The van der Waals surface area contributed by atoms with E-state index in [4.69, 9.17) is 9.47 Å². The first kappa shape index (κ1) is 22.0. The third kappa shape index (κ3) is 9.05. The minimum absolute atomic E-state index is 0.0982. The predicted molar refractivity (Wildman–Crippen MR) is 112 cm³/mol. The molecule has 1 fully saturated rings. The average Bonchev–Trinajstić information content (AvgIpc) is 2.69. The van der Waals surface area contributed by atoms with E-state index in [1.54, 1.807) is 0 Å². The van der Waals surface area contributed by atoms with Gasteiger partial charge >= 0.3 is 0 Å². The maximum absolute atomic E-state index is 11.1. The zero-order valence-corrected chi connectivity index (χ0v) is 17.0. The number of guanidine groups is 1. The quantitative estimate of drug-likeness (QED) is 0.317. The Morgan fingerprint density at radius 3 is 2.86 bits per heavy atom. The number of rotatable bonds is 10. The first-order chi connectivity index (χ1) is 13.7. The summed E-state index contributed by atoms with van der Waals surface area (Å²) >= 11 is 0. The molecule has 8 heteroatoms. The van der Waals surface area contributed by atoms with Crippen LogP contribution in [0.5, 0.6) is 5.75 Å². The van der Waals surface area contributed by atoms with Crippen LogP contribution < -0.4 is 20.7 Å². The Morgan fingerprint density at radius 1 is 1.29 bits per heavy atom. The van der Waals surface area contributed by atoms with Crippen LogP contribution in [0.4, 0.5) is 5.69 Å². The van der Waals surface area contributed by atoms with Gasteiger partial charge in [0, 0.05) is 51.4 Å². The molecule has 156 valence electrons. The Kier molecular flexibility index (Phi) is 10.2. The number of hydrogen-bond acceptors (Lipinski definition) is 5. The molecule has 0 bridgehead atoms. The van der Waals surface area contributed by atoms with Crippen LogP contribution in [0.15, 0.2) is 29.3 Å². The summed E-state index contributed by atoms with van der Waals surface area (Å²) in [4.78, 5) is 18.2. The number of benzene rings is 1. The Morgan fingerprint density at radius 2 is 2.11 bits per heavy atom. The number of aliphatic imine (C=N–C) groups is 1. The van der Waals surface area contributed by atoms with E-state index in [-0.39, 0.29) is 5.91 Å². The van der Waals surface area contributed by atoms with Crippen LogP contribution in [0.25, 0.3) is 0 Å². The predicted octanol–water partition coefficient (Wildman–Crippen LogP) is 1.30. The van der Waals surface area contributed by atoms with Crippen LogP contribution in [-0.4, -0.2) is 75.9 Å². The molecule has 0 radical (unpaired) electrons. The second kappa shape index (κ2) is 13.0. The molecule has 0 spiro atoms. The van der Waals surface area contributed by atoms with Crippen LogP contribution in [-0.2, 0) is 9.53 Å². The van der Waals surface area contributed by atoms with Gasteiger partial charge in [-0.25, -0.2) is 0 Å². The fraction of sp³-hybridized carbons (Fsp3) is 0.600. The molecule has 0 aromatic heterocycles. The van der Waals surface area contributed by atoms with Crippen LogP contribution in [0.3, 0.4) is 0 Å². The van der Waals surface area contributed by atoms with Crippen molar-refractivity contribution in [2.75, 3.05) is 64.4 Å². The number of anilines is 1. The van der Waals surface area contributed by atoms with Gasteiger partial charge < -0.3 is 25.4 Å². The second-order valence-electron chi connectivity index (χ2n) is 6.55. The van der Waals surface area contributed by atoms with Crippen molar-refractivity contribution in [3.05, 3.63) is 24.3 Å². The molecule has 1 aromatic rings. The van der Waals surface area contributed by atoms with Crippen molar-refractivity contribution in [3.63, 3.8) is 0 Å². The van der Waals surface area contributed by atoms with Gasteiger partial charge in [0.25, 0.3) is 0 Å². The Labute approximate surface area is 167 Å². The van der Waals surface area contributed by atoms with Gasteiger partial charge in [-0.15, -0.1) is 0 Å². The summed E-state index contributed by atoms with van der Waals surface area (Å²) in [6, 6.07) is 7.37. The third-order valence-corrected chi connectivity index (χ3v) is 4.17. The number of ether oxygens (including phenoxy) is 2. The molecular formula is C20H33N5O3. The van der Waals surface area contributed by atoms with Crippen LogP contribution >= 0.6 is 0 Å². The van der Waals surface area contributed by atoms with Crippen molar-refractivity contribution >= 4 is 17.6 Å². The molecule has 3 N–H and O–H groups in total. The zero-order valence-electron chi connectivity index (χ0n) is 17.0. The smallest absolute Gasteiger partial charge is 0.221 e. The highest BCUT2D eigenvalue weighted by Gasteiger charge is 2.09. The van der Waals surface area contributed by atoms with Crippen molar-refractivity contribution in [2.24, 2.45) is 4.99 Å². The van der Waals surface area contributed by atoms with Gasteiger partial charge in [0.05, 0.1) is 19.8 Å². The third-order valence-electron chi connectivity index (χ3n) is 4.17. The molecule has 0 atom stereocenters. The summed E-state index contributed by atoms with van der Waals surface area (Å²) in [5.41, 5.74) is 0.730. The molecule has 0 saturated carbocycles. The Bertz CT molecular complexity index is 618. The van der Waals surface area contributed by atoms with Gasteiger partial charge in [0.15, 0.2) is 5.96 Å². The normalized spacial score (nSPS) is 15.1. The average molecular weight is 392 g/mol. The maximum Gasteiger partial charge on any atom is 0.221 e. The molecule has 0 unspecified atom stereocenters. The van der Waals surface area contributed by atoms with E-state index in [0.29, 0.717) is 13.2 Å². The number of nitrogens with zero attached hydrogens (tertiary/aromatic N) is 2. The highest BCUT2D eigenvalue weighted by Crippen LogP contribution is 2.16. The first-order valence-corrected chi connectivity index (χ1v) is 10.00.